The second-order valence-corrected chi connectivity index (χ2v) is 11.2. The molecule has 2 aromatic rings. The Labute approximate surface area is 213 Å². The highest BCUT2D eigenvalue weighted by Crippen LogP contribution is 2.50. The summed E-state index contributed by atoms with van der Waals surface area (Å²) in [6.07, 6.45) is 0.0504. The van der Waals surface area contributed by atoms with E-state index in [2.05, 4.69) is 10.3 Å². The summed E-state index contributed by atoms with van der Waals surface area (Å²) >= 11 is 0. The minimum Gasteiger partial charge on any atom is -0.467 e. The summed E-state index contributed by atoms with van der Waals surface area (Å²) in [4.78, 5) is 39.8. The van der Waals surface area contributed by atoms with Gasteiger partial charge in [0.2, 0.25) is 0 Å². The van der Waals surface area contributed by atoms with E-state index >= 15 is 0 Å². The second-order valence-electron chi connectivity index (χ2n) is 9.27. The number of hydrogen-bond acceptors (Lipinski definition) is 11. The van der Waals surface area contributed by atoms with Gasteiger partial charge in [0, 0.05) is 12.6 Å². The summed E-state index contributed by atoms with van der Waals surface area (Å²) in [5.74, 6) is -0.246. The number of carbonyl (C=O) groups is 2. The number of alkyl carbamates (subject to hydrolysis) is 1. The first-order valence-corrected chi connectivity index (χ1v) is 13.1. The molecule has 0 bridgehead atoms. The average Bonchev–Trinajstić information content (AvgIpc) is 2.81. The van der Waals surface area contributed by atoms with Crippen LogP contribution in [0.25, 0.3) is 0 Å². The lowest BCUT2D eigenvalue weighted by Crippen LogP contribution is -2.45. The number of nitrogen functional groups attached to an aromatic ring is 1. The van der Waals surface area contributed by atoms with Gasteiger partial charge in [0.15, 0.2) is 6.35 Å². The highest BCUT2D eigenvalue weighted by Gasteiger charge is 2.35. The Kier molecular flexibility index (Phi) is 8.95. The number of carbonyl (C=O) groups excluding carboxylic acids is 2. The first-order chi connectivity index (χ1) is 17.4. The Morgan fingerprint density at radius 2 is 1.97 bits per heavy atom. The third kappa shape index (κ3) is 8.59. The molecule has 0 spiro atoms. The average molecular weight is 538 g/mol. The molecule has 1 aliphatic heterocycles. The van der Waals surface area contributed by atoms with Crippen LogP contribution in [0.1, 0.15) is 26.3 Å². The summed E-state index contributed by atoms with van der Waals surface area (Å²) in [6.45, 7) is 5.24. The number of nitrogens with zero attached hydrogens (tertiary/aromatic N) is 2. The van der Waals surface area contributed by atoms with E-state index in [0.29, 0.717) is 5.56 Å². The number of ether oxygens (including phenoxy) is 3. The van der Waals surface area contributed by atoms with E-state index in [4.69, 9.17) is 29.0 Å². The van der Waals surface area contributed by atoms with Crippen LogP contribution in [-0.4, -0.2) is 59.4 Å². The number of nitrogens with one attached hydrogen (secondary N) is 1. The minimum atomic E-state index is -3.59. The molecule has 37 heavy (non-hydrogen) atoms. The lowest BCUT2D eigenvalue weighted by molar-refractivity contribution is -0.143. The van der Waals surface area contributed by atoms with Crippen LogP contribution in [-0.2, 0) is 41.1 Å². The predicted octanol–water partition coefficient (Wildman–Crippen LogP) is 2.08. The van der Waals surface area contributed by atoms with Gasteiger partial charge in [-0.05, 0) is 44.5 Å². The molecule has 3 atom stereocenters. The zero-order valence-electron chi connectivity index (χ0n) is 21.0. The van der Waals surface area contributed by atoms with E-state index in [1.807, 2.05) is 0 Å². The first kappa shape index (κ1) is 28.2. The van der Waals surface area contributed by atoms with Gasteiger partial charge in [-0.1, -0.05) is 12.1 Å². The molecule has 0 saturated carbocycles. The molecular weight excluding hydrogens is 507 g/mol. The lowest BCUT2D eigenvalue weighted by atomic mass is 10.1. The second kappa shape index (κ2) is 11.8. The summed E-state index contributed by atoms with van der Waals surface area (Å²) in [7, 11) is -2.37. The van der Waals surface area contributed by atoms with Crippen molar-refractivity contribution in [3.63, 3.8) is 0 Å². The van der Waals surface area contributed by atoms with Gasteiger partial charge in [-0.3, -0.25) is 9.09 Å². The SMILES string of the molecule is COC(=O)[C@H](Cc1ccc(O[P@]2(=O)CO[C@@H](Cn3ccc(N)nc3=O)CO2)cc1)NC(=O)OC(C)(C)C. The molecule has 14 heteroatoms. The maximum atomic E-state index is 12.9. The number of rotatable bonds is 8. The molecule has 1 aliphatic rings. The number of hydrogen-bond donors (Lipinski definition) is 2. The van der Waals surface area contributed by atoms with Crippen LogP contribution in [0.15, 0.2) is 41.3 Å². The van der Waals surface area contributed by atoms with Crippen molar-refractivity contribution in [3.05, 3.63) is 52.6 Å². The van der Waals surface area contributed by atoms with Crippen molar-refractivity contribution >= 4 is 25.5 Å². The third-order valence-corrected chi connectivity index (χ3v) is 6.50. The van der Waals surface area contributed by atoms with Crippen molar-refractivity contribution in [2.24, 2.45) is 0 Å². The van der Waals surface area contributed by atoms with Gasteiger partial charge in [0.25, 0.3) is 0 Å². The van der Waals surface area contributed by atoms with Crippen LogP contribution in [0, 0.1) is 0 Å². The lowest BCUT2D eigenvalue weighted by Gasteiger charge is -2.29. The van der Waals surface area contributed by atoms with Crippen LogP contribution >= 0.6 is 7.60 Å². The van der Waals surface area contributed by atoms with Gasteiger partial charge in [-0.15, -0.1) is 0 Å². The largest absolute Gasteiger partial charge is 0.467 e. The van der Waals surface area contributed by atoms with Crippen LogP contribution in [0.3, 0.4) is 0 Å². The molecule has 1 saturated heterocycles. The van der Waals surface area contributed by atoms with E-state index < -0.39 is 43.1 Å². The molecule has 0 unspecified atom stereocenters. The standard InChI is InChI=1S/C23H31N4O9P/c1-23(2,3)35-22(30)25-18(20(28)32-4)11-15-5-7-16(8-6-15)36-37(31)14-33-17(13-34-37)12-27-10-9-19(24)26-21(27)29/h5-10,17-18H,11-14H2,1-4H3,(H,25,30)(H2,24,26,29)/t17-,18-,37-/m0/s1. The highest BCUT2D eigenvalue weighted by atomic mass is 31.2. The predicted molar refractivity (Wildman–Crippen MR) is 132 cm³/mol. The van der Waals surface area contributed by atoms with E-state index in [0.717, 1.165) is 0 Å². The smallest absolute Gasteiger partial charge is 0.408 e. The Bertz CT molecular complexity index is 1200. The van der Waals surface area contributed by atoms with E-state index in [1.54, 1.807) is 45.0 Å². The molecule has 202 valence electrons. The molecule has 13 nitrogen and oxygen atoms in total. The Hall–Kier alpha value is -3.41. The number of anilines is 1. The molecule has 3 N–H and O–H groups in total. The van der Waals surface area contributed by atoms with Gasteiger partial charge in [0.1, 0.15) is 29.3 Å². The number of benzene rings is 1. The van der Waals surface area contributed by atoms with Gasteiger partial charge < -0.3 is 29.8 Å². The summed E-state index contributed by atoms with van der Waals surface area (Å²) in [6, 6.07) is 6.95. The van der Waals surface area contributed by atoms with Crippen LogP contribution in [0.4, 0.5) is 10.6 Å². The molecule has 1 amide bonds. The van der Waals surface area contributed by atoms with Gasteiger partial charge in [-0.2, -0.15) is 4.98 Å². The van der Waals surface area contributed by atoms with Crippen LogP contribution in [0.5, 0.6) is 5.75 Å². The van der Waals surface area contributed by atoms with Gasteiger partial charge >= 0.3 is 25.3 Å². The highest BCUT2D eigenvalue weighted by molar-refractivity contribution is 7.54. The third-order valence-electron chi connectivity index (χ3n) is 5.01. The van der Waals surface area contributed by atoms with Crippen LogP contribution < -0.4 is 21.3 Å². The number of aromatic nitrogens is 2. The monoisotopic (exact) mass is 538 g/mol. The van der Waals surface area contributed by atoms with E-state index in [9.17, 15) is 18.9 Å². The molecule has 2 heterocycles. The minimum absolute atomic E-state index is 0.0523. The first-order valence-electron chi connectivity index (χ1n) is 11.4. The molecule has 3 rings (SSSR count). The van der Waals surface area contributed by atoms with E-state index in [1.165, 1.54) is 23.9 Å². The maximum Gasteiger partial charge on any atom is 0.408 e. The number of amides is 1. The topological polar surface area (TPSA) is 170 Å². The zero-order valence-corrected chi connectivity index (χ0v) is 21.9. The Morgan fingerprint density at radius 3 is 2.54 bits per heavy atom. The number of nitrogens with two attached hydrogens (primary N) is 1. The van der Waals surface area contributed by atoms with Crippen molar-refractivity contribution in [1.29, 1.82) is 0 Å². The molecule has 1 fully saturated rings. The number of methoxy groups -OCH3 is 1. The Morgan fingerprint density at radius 1 is 1.27 bits per heavy atom. The molecule has 0 radical (unpaired) electrons. The maximum absolute atomic E-state index is 12.9. The van der Waals surface area contributed by atoms with Crippen molar-refractivity contribution in [3.8, 4) is 5.75 Å². The van der Waals surface area contributed by atoms with E-state index in [-0.39, 0.29) is 37.5 Å². The van der Waals surface area contributed by atoms with Gasteiger partial charge in [0.05, 0.1) is 20.3 Å². The Balaban J connectivity index is 1.55. The van der Waals surface area contributed by atoms with Crippen LogP contribution in [0.2, 0.25) is 0 Å². The quantitative estimate of drug-likeness (QED) is 0.372. The number of esters is 1. The van der Waals surface area contributed by atoms with Crippen molar-refractivity contribution in [2.75, 3.05) is 25.8 Å². The normalized spacial score (nSPS) is 20.5. The summed E-state index contributed by atoms with van der Waals surface area (Å²) in [5.41, 5.74) is 4.92. The fraction of sp³-hybridized carbons (Fsp3) is 0.478. The summed E-state index contributed by atoms with van der Waals surface area (Å²) in [5, 5.41) is 2.51. The fourth-order valence-electron chi connectivity index (χ4n) is 3.31. The fourth-order valence-corrected chi connectivity index (χ4v) is 4.71. The summed E-state index contributed by atoms with van der Waals surface area (Å²) < 4.78 is 40.9. The van der Waals surface area contributed by atoms with Crippen molar-refractivity contribution in [2.45, 2.75) is 51.5 Å². The van der Waals surface area contributed by atoms with Crippen molar-refractivity contribution in [1.82, 2.24) is 14.9 Å². The molecule has 0 aliphatic carbocycles. The zero-order chi connectivity index (χ0) is 27.2. The molecular formula is C23H31N4O9P. The van der Waals surface area contributed by atoms with Gasteiger partial charge in [-0.25, -0.2) is 18.9 Å². The van der Waals surface area contributed by atoms with Crippen molar-refractivity contribution < 1.29 is 37.4 Å². The molecule has 1 aromatic carbocycles. The molecule has 1 aromatic heterocycles.